The van der Waals surface area contributed by atoms with Gasteiger partial charge >= 0.3 is 0 Å². The Balaban J connectivity index is 2.31. The fourth-order valence-corrected chi connectivity index (χ4v) is 1.61. The van der Waals surface area contributed by atoms with Crippen LogP contribution in [0.2, 0.25) is 0 Å². The number of rotatable bonds is 8. The van der Waals surface area contributed by atoms with E-state index in [2.05, 4.69) is 10.6 Å². The van der Waals surface area contributed by atoms with Gasteiger partial charge in [-0.3, -0.25) is 4.79 Å². The molecular weight excluding hydrogens is 244 g/mol. The number of nitrogens with one attached hydrogen (secondary N) is 2. The molecule has 0 aliphatic rings. The number of carbonyl (C=O) groups excluding carboxylic acids is 1. The maximum absolute atomic E-state index is 11.4. The van der Waals surface area contributed by atoms with E-state index in [1.54, 1.807) is 25.3 Å². The quantitative estimate of drug-likeness (QED) is 0.622. The smallest absolute Gasteiger partial charge is 0.221 e. The van der Waals surface area contributed by atoms with Gasteiger partial charge in [0, 0.05) is 31.6 Å². The molecule has 1 amide bonds. The van der Waals surface area contributed by atoms with Crippen molar-refractivity contribution in [1.82, 2.24) is 10.6 Å². The molecule has 0 unspecified atom stereocenters. The molecule has 3 N–H and O–H groups in total. The number of carbonyl (C=O) groups is 1. The number of hydrogen-bond donors (Lipinski definition) is 3. The Bertz CT molecular complexity index is 408. The summed E-state index contributed by atoms with van der Waals surface area (Å²) in [5.74, 6) is 0.975. The summed E-state index contributed by atoms with van der Waals surface area (Å²) in [5.41, 5.74) is 0.758. The van der Waals surface area contributed by atoms with Crippen molar-refractivity contribution in [1.29, 1.82) is 0 Å². The summed E-state index contributed by atoms with van der Waals surface area (Å²) in [7, 11) is 1.58. The Morgan fingerprint density at radius 3 is 2.84 bits per heavy atom. The topological polar surface area (TPSA) is 70.6 Å². The normalized spacial score (nSPS) is 10.2. The fourth-order valence-electron chi connectivity index (χ4n) is 1.61. The Labute approximate surface area is 114 Å². The van der Waals surface area contributed by atoms with Crippen molar-refractivity contribution in [2.45, 2.75) is 26.3 Å². The third-order valence-electron chi connectivity index (χ3n) is 2.70. The first-order valence-electron chi connectivity index (χ1n) is 6.50. The van der Waals surface area contributed by atoms with Crippen molar-refractivity contribution in [3.8, 4) is 11.5 Å². The second-order valence-electron chi connectivity index (χ2n) is 4.27. The molecule has 0 saturated carbocycles. The maximum Gasteiger partial charge on any atom is 0.221 e. The predicted molar refractivity (Wildman–Crippen MR) is 74.3 cm³/mol. The summed E-state index contributed by atoms with van der Waals surface area (Å²) in [5, 5.41) is 15.6. The van der Waals surface area contributed by atoms with Gasteiger partial charge in [-0.05, 0) is 24.6 Å². The summed E-state index contributed by atoms with van der Waals surface area (Å²) < 4.78 is 5.10. The van der Waals surface area contributed by atoms with E-state index in [4.69, 9.17) is 4.74 Å². The molecule has 0 fully saturated rings. The lowest BCUT2D eigenvalue weighted by Gasteiger charge is -2.09. The number of ether oxygens (including phenoxy) is 1. The third-order valence-corrected chi connectivity index (χ3v) is 2.70. The lowest BCUT2D eigenvalue weighted by atomic mass is 10.2. The van der Waals surface area contributed by atoms with Gasteiger partial charge in [0.1, 0.15) is 11.5 Å². The zero-order valence-electron chi connectivity index (χ0n) is 11.5. The average Bonchev–Trinajstić information content (AvgIpc) is 2.43. The van der Waals surface area contributed by atoms with Crippen LogP contribution >= 0.6 is 0 Å². The molecule has 5 nitrogen and oxygen atoms in total. The molecule has 1 aromatic carbocycles. The molecule has 0 saturated heterocycles. The van der Waals surface area contributed by atoms with E-state index in [1.165, 1.54) is 0 Å². The predicted octanol–water partition coefficient (Wildman–Crippen LogP) is 1.41. The van der Waals surface area contributed by atoms with E-state index in [-0.39, 0.29) is 11.7 Å². The number of amides is 1. The summed E-state index contributed by atoms with van der Waals surface area (Å²) in [6.07, 6.45) is 1.38. The third kappa shape index (κ3) is 5.61. The van der Waals surface area contributed by atoms with Gasteiger partial charge in [0.25, 0.3) is 0 Å². The van der Waals surface area contributed by atoms with E-state index in [0.717, 1.165) is 18.5 Å². The summed E-state index contributed by atoms with van der Waals surface area (Å²) in [6.45, 7) is 3.82. The number of phenolic OH excluding ortho intramolecular Hbond substituents is 1. The van der Waals surface area contributed by atoms with Crippen molar-refractivity contribution < 1.29 is 14.6 Å². The highest BCUT2D eigenvalue weighted by atomic mass is 16.5. The second kappa shape index (κ2) is 8.37. The SMILES string of the molecule is CCCNC(=O)CCNCc1cc(OC)ccc1O. The van der Waals surface area contributed by atoms with Crippen LogP contribution in [0.5, 0.6) is 11.5 Å². The Morgan fingerprint density at radius 1 is 1.37 bits per heavy atom. The highest BCUT2D eigenvalue weighted by molar-refractivity contribution is 5.75. The van der Waals surface area contributed by atoms with Crippen molar-refractivity contribution in [2.24, 2.45) is 0 Å². The van der Waals surface area contributed by atoms with E-state index in [0.29, 0.717) is 25.3 Å². The van der Waals surface area contributed by atoms with Crippen molar-refractivity contribution in [2.75, 3.05) is 20.2 Å². The van der Waals surface area contributed by atoms with Gasteiger partial charge in [0.2, 0.25) is 5.91 Å². The number of benzene rings is 1. The molecule has 0 bridgehead atoms. The highest BCUT2D eigenvalue weighted by Crippen LogP contribution is 2.22. The standard InChI is InChI=1S/C14H22N2O3/c1-3-7-16-14(18)6-8-15-10-11-9-12(19-2)4-5-13(11)17/h4-5,9,15,17H,3,6-8,10H2,1-2H3,(H,16,18). The van der Waals surface area contributed by atoms with Crippen LogP contribution in [0, 0.1) is 0 Å². The van der Waals surface area contributed by atoms with Crippen LogP contribution in [0.3, 0.4) is 0 Å². The molecule has 0 aliphatic heterocycles. The number of hydrogen-bond acceptors (Lipinski definition) is 4. The Kier molecular flexibility index (Phi) is 6.74. The van der Waals surface area contributed by atoms with E-state index in [9.17, 15) is 9.90 Å². The van der Waals surface area contributed by atoms with Gasteiger partial charge in [-0.15, -0.1) is 0 Å². The largest absolute Gasteiger partial charge is 0.508 e. The van der Waals surface area contributed by atoms with Gasteiger partial charge in [0.15, 0.2) is 0 Å². The van der Waals surface area contributed by atoms with Gasteiger partial charge in [-0.2, -0.15) is 0 Å². The first kappa shape index (κ1) is 15.3. The number of phenols is 1. The molecule has 0 radical (unpaired) electrons. The minimum Gasteiger partial charge on any atom is -0.508 e. The summed E-state index contributed by atoms with van der Waals surface area (Å²) in [4.78, 5) is 11.4. The van der Waals surface area contributed by atoms with Gasteiger partial charge in [0.05, 0.1) is 7.11 Å². The van der Waals surface area contributed by atoms with Gasteiger partial charge < -0.3 is 20.5 Å². The molecular formula is C14H22N2O3. The molecule has 0 atom stereocenters. The van der Waals surface area contributed by atoms with Crippen LogP contribution in [-0.4, -0.2) is 31.2 Å². The van der Waals surface area contributed by atoms with Crippen LogP contribution in [-0.2, 0) is 11.3 Å². The molecule has 19 heavy (non-hydrogen) atoms. The molecule has 5 heteroatoms. The minimum atomic E-state index is 0.0456. The van der Waals surface area contributed by atoms with Crippen LogP contribution in [0.15, 0.2) is 18.2 Å². The fraction of sp³-hybridized carbons (Fsp3) is 0.500. The number of aromatic hydroxyl groups is 1. The highest BCUT2D eigenvalue weighted by Gasteiger charge is 2.04. The molecule has 0 spiro atoms. The van der Waals surface area contributed by atoms with E-state index >= 15 is 0 Å². The van der Waals surface area contributed by atoms with Crippen molar-refractivity contribution in [3.05, 3.63) is 23.8 Å². The molecule has 1 aromatic rings. The Morgan fingerprint density at radius 2 is 2.16 bits per heavy atom. The molecule has 0 aliphatic carbocycles. The minimum absolute atomic E-state index is 0.0456. The summed E-state index contributed by atoms with van der Waals surface area (Å²) in [6, 6.07) is 5.08. The van der Waals surface area contributed by atoms with Crippen LogP contribution < -0.4 is 15.4 Å². The first-order valence-corrected chi connectivity index (χ1v) is 6.50. The second-order valence-corrected chi connectivity index (χ2v) is 4.27. The zero-order valence-corrected chi connectivity index (χ0v) is 11.5. The first-order chi connectivity index (χ1) is 9.17. The van der Waals surface area contributed by atoms with Gasteiger partial charge in [-0.1, -0.05) is 6.92 Å². The van der Waals surface area contributed by atoms with Crippen molar-refractivity contribution in [3.63, 3.8) is 0 Å². The van der Waals surface area contributed by atoms with Gasteiger partial charge in [-0.25, -0.2) is 0 Å². The van der Waals surface area contributed by atoms with Crippen LogP contribution in [0.25, 0.3) is 0 Å². The Hall–Kier alpha value is -1.75. The van der Waals surface area contributed by atoms with Crippen molar-refractivity contribution >= 4 is 5.91 Å². The lowest BCUT2D eigenvalue weighted by molar-refractivity contribution is -0.120. The molecule has 1 rings (SSSR count). The molecule has 0 aromatic heterocycles. The zero-order chi connectivity index (χ0) is 14.1. The van der Waals surface area contributed by atoms with Crippen LogP contribution in [0.4, 0.5) is 0 Å². The average molecular weight is 266 g/mol. The molecule has 106 valence electrons. The molecule has 0 heterocycles. The lowest BCUT2D eigenvalue weighted by Crippen LogP contribution is -2.28. The summed E-state index contributed by atoms with van der Waals surface area (Å²) >= 11 is 0. The maximum atomic E-state index is 11.4. The van der Waals surface area contributed by atoms with E-state index in [1.807, 2.05) is 6.92 Å². The van der Waals surface area contributed by atoms with Crippen LogP contribution in [0.1, 0.15) is 25.3 Å². The number of methoxy groups -OCH3 is 1. The van der Waals surface area contributed by atoms with E-state index < -0.39 is 0 Å². The monoisotopic (exact) mass is 266 g/mol.